The van der Waals surface area contributed by atoms with Crippen molar-refractivity contribution in [3.63, 3.8) is 0 Å². The van der Waals surface area contributed by atoms with Gasteiger partial charge in [0.2, 0.25) is 11.8 Å². The molecule has 0 bridgehead atoms. The second-order valence-electron chi connectivity index (χ2n) is 13.6. The molecule has 2 aliphatic rings. The first-order valence-electron chi connectivity index (χ1n) is 19.3. The van der Waals surface area contributed by atoms with E-state index >= 15 is 0 Å². The minimum Gasteiger partial charge on any atom is -0.508 e. The number of imide groups is 2. The van der Waals surface area contributed by atoms with Crippen molar-refractivity contribution < 1.29 is 35.3 Å². The number of hydrogen-bond donors (Lipinski definition) is 3. The Bertz CT molecular complexity index is 1970. The van der Waals surface area contributed by atoms with Crippen LogP contribution < -0.4 is 10.6 Å². The van der Waals surface area contributed by atoms with E-state index in [1.54, 1.807) is 48.5 Å². The lowest BCUT2D eigenvalue weighted by atomic mass is 9.94. The Morgan fingerprint density at radius 2 is 1.14 bits per heavy atom. The zero-order chi connectivity index (χ0) is 40.8. The van der Waals surface area contributed by atoms with Crippen molar-refractivity contribution in [2.24, 2.45) is 5.92 Å². The quantitative estimate of drug-likeness (QED) is 0.120. The maximum Gasteiger partial charge on any atom is 0.261 e. The lowest BCUT2D eigenvalue weighted by Crippen LogP contribution is -2.46. The molecule has 56 heavy (non-hydrogen) atoms. The molecule has 0 saturated heterocycles. The van der Waals surface area contributed by atoms with Crippen molar-refractivity contribution in [1.82, 2.24) is 20.4 Å². The predicted octanol–water partition coefficient (Wildman–Crippen LogP) is 6.76. The van der Waals surface area contributed by atoms with Gasteiger partial charge in [0.15, 0.2) is 0 Å². The molecule has 0 radical (unpaired) electrons. The number of aromatic hydroxyl groups is 1. The number of nitrogens with one attached hydrogen (secondary N) is 2. The average molecular weight is 763 g/mol. The molecule has 11 nitrogen and oxygen atoms in total. The number of phenolic OH excluding ortho intramolecular Hbond substituents is 1. The van der Waals surface area contributed by atoms with Crippen LogP contribution in [0.2, 0.25) is 0 Å². The molecule has 0 fully saturated rings. The van der Waals surface area contributed by atoms with E-state index < -0.39 is 23.6 Å². The number of nitrogens with zero attached hydrogens (tertiary/aromatic N) is 2. The molecule has 0 saturated carbocycles. The number of phenols is 1. The van der Waals surface area contributed by atoms with E-state index in [-0.39, 0.29) is 57.7 Å². The van der Waals surface area contributed by atoms with Crippen LogP contribution in [0.1, 0.15) is 107 Å². The van der Waals surface area contributed by atoms with E-state index in [2.05, 4.69) is 23.6 Å². The molecule has 6 amide bonds. The fourth-order valence-corrected chi connectivity index (χ4v) is 6.46. The highest BCUT2D eigenvalue weighted by molar-refractivity contribution is 6.22. The Balaban J connectivity index is 0.000000533. The van der Waals surface area contributed by atoms with Crippen molar-refractivity contribution in [3.8, 4) is 5.75 Å². The highest BCUT2D eigenvalue weighted by Gasteiger charge is 2.36. The Kier molecular flexibility index (Phi) is 15.6. The van der Waals surface area contributed by atoms with E-state index in [9.17, 15) is 33.9 Å². The first-order valence-corrected chi connectivity index (χ1v) is 19.3. The smallest absolute Gasteiger partial charge is 0.261 e. The number of carbonyl (C=O) groups excluding carboxylic acids is 6. The molecular weight excluding hydrogens is 709 g/mol. The summed E-state index contributed by atoms with van der Waals surface area (Å²) in [5.74, 6) is -2.05. The van der Waals surface area contributed by atoms with Gasteiger partial charge < -0.3 is 15.7 Å². The highest BCUT2D eigenvalue weighted by Crippen LogP contribution is 2.24. The standard InChI is InChI=1S/C33H32N4O6.C10H14O.C2H6.H2/c1-21(20-34-28(38)15-17-36-30(40)23-11-5-6-12-24(23)31(36)41)27(19-22-9-3-2-4-10-22)35-29(39)16-18-37-32(42)25-13-7-8-14-26(25)33(37)43;1-3-4-9-6-5-8(2)10(11)7-9;1-2;/h2-14,21,27H,15-20H2,1H3,(H,34,38)(H,35,39);5-7,11H,3-4H2,1-2H3;1-2H3;1H/t21?,27-;;;/m0.../s1. The number of aryl methyl sites for hydroxylation is 2. The van der Waals surface area contributed by atoms with Gasteiger partial charge in [-0.25, -0.2) is 0 Å². The van der Waals surface area contributed by atoms with E-state index in [4.69, 9.17) is 0 Å². The molecule has 3 N–H and O–H groups in total. The minimum atomic E-state index is -0.411. The summed E-state index contributed by atoms with van der Waals surface area (Å²) in [6, 6.07) is 28.3. The normalized spacial score (nSPS) is 13.8. The van der Waals surface area contributed by atoms with Crippen molar-refractivity contribution in [2.45, 2.75) is 72.8 Å². The molecule has 2 aliphatic heterocycles. The van der Waals surface area contributed by atoms with Crippen LogP contribution in [0.5, 0.6) is 5.75 Å². The van der Waals surface area contributed by atoms with Gasteiger partial charge in [0.1, 0.15) is 5.75 Å². The monoisotopic (exact) mass is 762 g/mol. The summed E-state index contributed by atoms with van der Waals surface area (Å²) >= 11 is 0. The molecule has 2 atom stereocenters. The number of hydrogen-bond acceptors (Lipinski definition) is 7. The fraction of sp³-hybridized carbons (Fsp3) is 0.333. The molecule has 2 heterocycles. The van der Waals surface area contributed by atoms with Gasteiger partial charge in [0.05, 0.1) is 22.3 Å². The number of carbonyl (C=O) groups is 6. The highest BCUT2D eigenvalue weighted by atomic mass is 16.3. The largest absolute Gasteiger partial charge is 0.508 e. The summed E-state index contributed by atoms with van der Waals surface area (Å²) < 4.78 is 0. The van der Waals surface area contributed by atoms with Gasteiger partial charge >= 0.3 is 0 Å². The molecule has 4 aromatic carbocycles. The molecule has 6 rings (SSSR count). The second kappa shape index (κ2) is 20.5. The summed E-state index contributed by atoms with van der Waals surface area (Å²) in [6.07, 6.45) is 2.58. The van der Waals surface area contributed by atoms with Gasteiger partial charge in [-0.15, -0.1) is 0 Å². The van der Waals surface area contributed by atoms with Crippen molar-refractivity contribution in [2.75, 3.05) is 19.6 Å². The Labute approximate surface area is 330 Å². The van der Waals surface area contributed by atoms with Gasteiger partial charge in [-0.2, -0.15) is 0 Å². The van der Waals surface area contributed by atoms with Crippen LogP contribution in [0.4, 0.5) is 0 Å². The third-order valence-corrected chi connectivity index (χ3v) is 9.65. The van der Waals surface area contributed by atoms with Crippen molar-refractivity contribution >= 4 is 35.4 Å². The Morgan fingerprint density at radius 1 is 0.679 bits per heavy atom. The summed E-state index contributed by atoms with van der Waals surface area (Å²) in [4.78, 5) is 78.4. The average Bonchev–Trinajstić information content (AvgIpc) is 3.61. The molecule has 296 valence electrons. The summed E-state index contributed by atoms with van der Waals surface area (Å²) in [5, 5.41) is 15.2. The predicted molar refractivity (Wildman–Crippen MR) is 217 cm³/mol. The third-order valence-electron chi connectivity index (χ3n) is 9.65. The van der Waals surface area contributed by atoms with Crippen LogP contribution in [-0.4, -0.2) is 76.0 Å². The zero-order valence-electron chi connectivity index (χ0n) is 32.8. The molecule has 0 aromatic heterocycles. The van der Waals surface area contributed by atoms with Gasteiger partial charge in [-0.1, -0.05) is 101 Å². The lowest BCUT2D eigenvalue weighted by molar-refractivity contribution is -0.122. The van der Waals surface area contributed by atoms with Crippen LogP contribution >= 0.6 is 0 Å². The first kappa shape index (κ1) is 42.6. The van der Waals surface area contributed by atoms with E-state index in [0.717, 1.165) is 33.8 Å². The van der Waals surface area contributed by atoms with Crippen molar-refractivity contribution in [3.05, 3.63) is 136 Å². The van der Waals surface area contributed by atoms with Crippen LogP contribution in [0.25, 0.3) is 0 Å². The SMILES string of the molecule is CC.CC(CNC(=O)CCN1C(=O)c2ccccc2C1=O)[C@H](Cc1ccccc1)NC(=O)CCN1C(=O)c2ccccc2C1=O.CCCc1ccc(C)c(O)c1.[HH]. The second-order valence-corrected chi connectivity index (χ2v) is 13.6. The van der Waals surface area contributed by atoms with Crippen molar-refractivity contribution in [1.29, 1.82) is 0 Å². The number of rotatable bonds is 14. The number of amides is 6. The molecule has 0 aliphatic carbocycles. The molecule has 4 aromatic rings. The van der Waals surface area contributed by atoms with Crippen LogP contribution in [0.3, 0.4) is 0 Å². The number of benzene rings is 4. The molecule has 1 unspecified atom stereocenters. The van der Waals surface area contributed by atoms with Gasteiger partial charge in [-0.3, -0.25) is 38.6 Å². The zero-order valence-corrected chi connectivity index (χ0v) is 32.8. The topological polar surface area (TPSA) is 153 Å². The summed E-state index contributed by atoms with van der Waals surface area (Å²) in [7, 11) is 0. The van der Waals surface area contributed by atoms with Crippen LogP contribution in [0.15, 0.2) is 97.1 Å². The summed E-state index contributed by atoms with van der Waals surface area (Å²) in [5.41, 5.74) is 4.51. The fourth-order valence-electron chi connectivity index (χ4n) is 6.46. The summed E-state index contributed by atoms with van der Waals surface area (Å²) in [6.45, 7) is 10.1. The first-order chi connectivity index (χ1) is 27.0. The Hall–Kier alpha value is -6.10. The maximum atomic E-state index is 13.0. The van der Waals surface area contributed by atoms with Crippen LogP contribution in [-0.2, 0) is 22.4 Å². The number of fused-ring (bicyclic) bond motifs is 2. The molecule has 0 spiro atoms. The lowest BCUT2D eigenvalue weighted by Gasteiger charge is -2.26. The van der Waals surface area contributed by atoms with E-state index in [0.29, 0.717) is 34.4 Å². The Morgan fingerprint density at radius 3 is 1.61 bits per heavy atom. The van der Waals surface area contributed by atoms with Crippen LogP contribution in [0, 0.1) is 12.8 Å². The van der Waals surface area contributed by atoms with Gasteiger partial charge in [0.25, 0.3) is 23.6 Å². The van der Waals surface area contributed by atoms with Gasteiger partial charge in [0, 0.05) is 39.9 Å². The molecule has 11 heteroatoms. The van der Waals surface area contributed by atoms with E-state index in [1.165, 1.54) is 5.56 Å². The maximum absolute atomic E-state index is 13.0. The third kappa shape index (κ3) is 10.8. The minimum absolute atomic E-state index is 0. The van der Waals surface area contributed by atoms with Gasteiger partial charge in [-0.05, 0) is 72.7 Å². The molecular formula is C45H54N4O7. The van der Waals surface area contributed by atoms with E-state index in [1.807, 2.05) is 70.2 Å².